The minimum absolute atomic E-state index is 0.153. The van der Waals surface area contributed by atoms with Crippen molar-refractivity contribution in [3.8, 4) is 6.07 Å². The van der Waals surface area contributed by atoms with Crippen LogP contribution in [0.5, 0.6) is 0 Å². The largest absolute Gasteiger partial charge is 0.478 e. The van der Waals surface area contributed by atoms with E-state index in [0.29, 0.717) is 12.2 Å². The van der Waals surface area contributed by atoms with Crippen molar-refractivity contribution < 1.29 is 19.8 Å². The zero-order valence-corrected chi connectivity index (χ0v) is 8.01. The van der Waals surface area contributed by atoms with E-state index in [1.165, 1.54) is 0 Å². The molecule has 82 valence electrons. The summed E-state index contributed by atoms with van der Waals surface area (Å²) in [5.74, 6) is -2.51. The minimum atomic E-state index is -1.26. The monoisotopic (exact) mass is 212 g/mol. The lowest BCUT2D eigenvalue weighted by Gasteiger charge is -1.91. The predicted octanol–water partition coefficient (Wildman–Crippen LogP) is -0.0262. The van der Waals surface area contributed by atoms with Gasteiger partial charge in [0.15, 0.2) is 0 Å². The highest BCUT2D eigenvalue weighted by Gasteiger charge is 2.10. The van der Waals surface area contributed by atoms with Gasteiger partial charge in [0.05, 0.1) is 12.1 Å². The fourth-order valence-electron chi connectivity index (χ4n) is 0.937. The molecule has 0 saturated carbocycles. The summed E-state index contributed by atoms with van der Waals surface area (Å²) in [6.45, 7) is 1.03. The Bertz CT molecular complexity index is 271. The maximum atomic E-state index is 9.55. The Labute approximate surface area is 86.8 Å². The maximum Gasteiger partial charge on any atom is 0.328 e. The molecule has 1 aliphatic rings. The lowest BCUT2D eigenvalue weighted by molar-refractivity contribution is -0.134. The molecule has 0 aliphatic carbocycles. The fraction of sp³-hybridized carbons (Fsp3) is 0.444. The third kappa shape index (κ3) is 8.46. The van der Waals surface area contributed by atoms with Gasteiger partial charge >= 0.3 is 11.9 Å². The number of hydrogen-bond donors (Lipinski definition) is 3. The summed E-state index contributed by atoms with van der Waals surface area (Å²) in [5.41, 5.74) is 0. The van der Waals surface area contributed by atoms with Crippen LogP contribution in [-0.4, -0.2) is 34.7 Å². The number of carboxylic acid groups (broad SMARTS) is 2. The summed E-state index contributed by atoms with van der Waals surface area (Å²) in [6, 6.07) is 2.31. The molecular weight excluding hydrogens is 200 g/mol. The quantitative estimate of drug-likeness (QED) is 0.554. The van der Waals surface area contributed by atoms with Gasteiger partial charge in [-0.25, -0.2) is 9.59 Å². The molecule has 1 aliphatic heterocycles. The Balaban J connectivity index is 0.000000262. The van der Waals surface area contributed by atoms with Crippen LogP contribution in [0.1, 0.15) is 12.8 Å². The van der Waals surface area contributed by atoms with E-state index in [1.54, 1.807) is 0 Å². The van der Waals surface area contributed by atoms with E-state index in [-0.39, 0.29) is 6.04 Å². The van der Waals surface area contributed by atoms with Crippen LogP contribution in [0, 0.1) is 11.3 Å². The van der Waals surface area contributed by atoms with Gasteiger partial charge in [0, 0.05) is 12.2 Å². The molecule has 1 atom stereocenters. The lowest BCUT2D eigenvalue weighted by atomic mass is 10.2. The Kier molecular flexibility index (Phi) is 6.59. The molecular formula is C9H12N2O4. The second-order valence-corrected chi connectivity index (χ2v) is 2.79. The average Bonchev–Trinajstić information content (AvgIpc) is 2.68. The Morgan fingerprint density at radius 1 is 1.33 bits per heavy atom. The van der Waals surface area contributed by atoms with Gasteiger partial charge in [-0.3, -0.25) is 0 Å². The summed E-state index contributed by atoms with van der Waals surface area (Å²) in [5, 5.41) is 26.9. The fourth-order valence-corrected chi connectivity index (χ4v) is 0.937. The molecule has 1 fully saturated rings. The van der Waals surface area contributed by atoms with Gasteiger partial charge in [-0.2, -0.15) is 5.26 Å². The van der Waals surface area contributed by atoms with Crippen molar-refractivity contribution >= 4 is 11.9 Å². The number of rotatable bonds is 2. The highest BCUT2D eigenvalue weighted by atomic mass is 16.4. The summed E-state index contributed by atoms with van der Waals surface area (Å²) >= 11 is 0. The van der Waals surface area contributed by atoms with Crippen LogP contribution >= 0.6 is 0 Å². The van der Waals surface area contributed by atoms with Crippen LogP contribution in [-0.2, 0) is 9.59 Å². The first-order chi connectivity index (χ1) is 7.06. The molecule has 15 heavy (non-hydrogen) atoms. The topological polar surface area (TPSA) is 110 Å². The second kappa shape index (κ2) is 7.53. The standard InChI is InChI=1S/C5H8N2.C4H4O4/c6-4-5-2-1-3-7-5;5-3(6)1-2-4(7)8/h5,7H,1-3H2;1-2H,(H,5,6)(H,7,8)/b;2-1+/t5-;/m0./s1. The number of nitrogens with zero attached hydrogens (tertiary/aromatic N) is 1. The maximum absolute atomic E-state index is 9.55. The van der Waals surface area contributed by atoms with Crippen molar-refractivity contribution in [1.29, 1.82) is 5.26 Å². The van der Waals surface area contributed by atoms with E-state index in [9.17, 15) is 9.59 Å². The van der Waals surface area contributed by atoms with Crippen LogP contribution < -0.4 is 5.32 Å². The van der Waals surface area contributed by atoms with E-state index in [1.807, 2.05) is 0 Å². The number of nitrogens with one attached hydrogen (secondary N) is 1. The molecule has 1 rings (SSSR count). The third-order valence-corrected chi connectivity index (χ3v) is 1.58. The van der Waals surface area contributed by atoms with E-state index in [2.05, 4.69) is 11.4 Å². The van der Waals surface area contributed by atoms with Crippen molar-refractivity contribution in [3.63, 3.8) is 0 Å². The molecule has 0 radical (unpaired) electrons. The van der Waals surface area contributed by atoms with Gasteiger partial charge in [-0.15, -0.1) is 0 Å². The van der Waals surface area contributed by atoms with Crippen LogP contribution in [0.15, 0.2) is 12.2 Å². The Hall–Kier alpha value is -1.87. The Morgan fingerprint density at radius 3 is 2.07 bits per heavy atom. The number of carbonyl (C=O) groups is 2. The van der Waals surface area contributed by atoms with Gasteiger partial charge in [-0.1, -0.05) is 0 Å². The van der Waals surface area contributed by atoms with E-state index < -0.39 is 11.9 Å². The number of aliphatic carboxylic acids is 2. The molecule has 0 aromatic rings. The Morgan fingerprint density at radius 2 is 1.87 bits per heavy atom. The highest BCUT2D eigenvalue weighted by molar-refractivity contribution is 5.89. The van der Waals surface area contributed by atoms with Gasteiger partial charge in [-0.05, 0) is 19.4 Å². The van der Waals surface area contributed by atoms with Crippen molar-refractivity contribution in [2.24, 2.45) is 0 Å². The number of carboxylic acids is 2. The zero-order chi connectivity index (χ0) is 11.7. The van der Waals surface area contributed by atoms with Crippen LogP contribution in [0.2, 0.25) is 0 Å². The SMILES string of the molecule is N#C[C@@H]1CCCN1.O=C(O)/C=C/C(=O)O. The van der Waals surface area contributed by atoms with Gasteiger partial charge in [0.25, 0.3) is 0 Å². The number of hydrogen-bond acceptors (Lipinski definition) is 4. The molecule has 0 aromatic carbocycles. The molecule has 1 saturated heterocycles. The van der Waals surface area contributed by atoms with Crippen LogP contribution in [0.25, 0.3) is 0 Å². The smallest absolute Gasteiger partial charge is 0.328 e. The van der Waals surface area contributed by atoms with Gasteiger partial charge in [0.2, 0.25) is 0 Å². The normalized spacial score (nSPS) is 19.0. The second-order valence-electron chi connectivity index (χ2n) is 2.79. The van der Waals surface area contributed by atoms with Gasteiger partial charge in [0.1, 0.15) is 0 Å². The summed E-state index contributed by atoms with van der Waals surface area (Å²) in [7, 11) is 0. The first-order valence-electron chi connectivity index (χ1n) is 4.33. The molecule has 0 spiro atoms. The predicted molar refractivity (Wildman–Crippen MR) is 51.0 cm³/mol. The van der Waals surface area contributed by atoms with Gasteiger partial charge < -0.3 is 15.5 Å². The first-order valence-corrected chi connectivity index (χ1v) is 4.33. The summed E-state index contributed by atoms with van der Waals surface area (Å²) < 4.78 is 0. The lowest BCUT2D eigenvalue weighted by Crippen LogP contribution is -2.18. The molecule has 0 aromatic heterocycles. The molecule has 0 amide bonds. The summed E-state index contributed by atoms with van der Waals surface area (Å²) in [4.78, 5) is 19.1. The molecule has 6 nitrogen and oxygen atoms in total. The molecule has 1 heterocycles. The van der Waals surface area contributed by atoms with E-state index in [4.69, 9.17) is 15.5 Å². The van der Waals surface area contributed by atoms with Crippen molar-refractivity contribution in [2.45, 2.75) is 18.9 Å². The first kappa shape index (κ1) is 13.1. The number of nitriles is 1. The molecule has 3 N–H and O–H groups in total. The van der Waals surface area contributed by atoms with Crippen molar-refractivity contribution in [2.75, 3.05) is 6.54 Å². The van der Waals surface area contributed by atoms with Crippen molar-refractivity contribution in [3.05, 3.63) is 12.2 Å². The van der Waals surface area contributed by atoms with Crippen LogP contribution in [0.4, 0.5) is 0 Å². The average molecular weight is 212 g/mol. The third-order valence-electron chi connectivity index (χ3n) is 1.58. The highest BCUT2D eigenvalue weighted by Crippen LogP contribution is 2.01. The minimum Gasteiger partial charge on any atom is -0.478 e. The molecule has 0 bridgehead atoms. The van der Waals surface area contributed by atoms with Crippen LogP contribution in [0.3, 0.4) is 0 Å². The zero-order valence-electron chi connectivity index (χ0n) is 8.01. The van der Waals surface area contributed by atoms with Crippen molar-refractivity contribution in [1.82, 2.24) is 5.32 Å². The molecule has 6 heteroatoms. The molecule has 0 unspecified atom stereocenters. The summed E-state index contributed by atoms with van der Waals surface area (Å²) in [6.07, 6.45) is 3.32. The van der Waals surface area contributed by atoms with E-state index >= 15 is 0 Å². The van der Waals surface area contributed by atoms with E-state index in [0.717, 1.165) is 19.4 Å².